The van der Waals surface area contributed by atoms with Gasteiger partial charge in [0.15, 0.2) is 0 Å². The first-order chi connectivity index (χ1) is 9.72. The summed E-state index contributed by atoms with van der Waals surface area (Å²) in [5.41, 5.74) is 0.163. The minimum atomic E-state index is -1.60. The van der Waals surface area contributed by atoms with Gasteiger partial charge in [-0.25, -0.2) is 0 Å². The molecule has 2 heteroatoms. The topological polar surface area (TPSA) is 32.3 Å². The van der Waals surface area contributed by atoms with Gasteiger partial charge in [-0.2, -0.15) is 0 Å². The molecule has 0 saturated heterocycles. The summed E-state index contributed by atoms with van der Waals surface area (Å²) in [5.74, 6) is 0.630. The van der Waals surface area contributed by atoms with Gasteiger partial charge in [0.05, 0.1) is 6.10 Å². The smallest absolute Gasteiger partial charge is 0.0588 e. The number of benzene rings is 1. The number of nitrogens with one attached hydrogen (secondary N) is 1. The molecule has 1 fully saturated rings. The van der Waals surface area contributed by atoms with Gasteiger partial charge in [0.1, 0.15) is 0 Å². The highest BCUT2D eigenvalue weighted by Crippen LogP contribution is 2.35. The van der Waals surface area contributed by atoms with Crippen LogP contribution in [0.2, 0.25) is 0 Å². The summed E-state index contributed by atoms with van der Waals surface area (Å²) < 4.78 is 16.6. The molecule has 0 amide bonds. The molecule has 19 heavy (non-hydrogen) atoms. The fourth-order valence-electron chi connectivity index (χ4n) is 3.04. The molecule has 2 nitrogen and oxygen atoms in total. The Bertz CT molecular complexity index is 461. The van der Waals surface area contributed by atoms with E-state index in [2.05, 4.69) is 12.2 Å². The van der Waals surface area contributed by atoms with Gasteiger partial charge < -0.3 is 10.4 Å². The molecule has 0 aliphatic heterocycles. The maximum Gasteiger partial charge on any atom is 0.0588 e. The molecule has 0 bridgehead atoms. The first-order valence-corrected chi connectivity index (χ1v) is 7.25. The van der Waals surface area contributed by atoms with Gasteiger partial charge in [-0.15, -0.1) is 0 Å². The predicted molar refractivity (Wildman–Crippen MR) is 79.9 cm³/mol. The van der Waals surface area contributed by atoms with E-state index >= 15 is 0 Å². The molecule has 1 aromatic carbocycles. The number of hydrogen-bond acceptors (Lipinski definition) is 2. The fraction of sp³-hybridized carbons (Fsp3) is 0.647. The van der Waals surface area contributed by atoms with Crippen LogP contribution in [-0.2, 0) is 6.50 Å². The lowest BCUT2D eigenvalue weighted by atomic mass is 9.72. The molecule has 1 aromatic rings. The van der Waals surface area contributed by atoms with Crippen LogP contribution < -0.4 is 5.32 Å². The molecule has 3 unspecified atom stereocenters. The van der Waals surface area contributed by atoms with Crippen LogP contribution in [0.25, 0.3) is 0 Å². The Hall–Kier alpha value is -0.860. The summed E-state index contributed by atoms with van der Waals surface area (Å²) in [5, 5.41) is 13.5. The summed E-state index contributed by atoms with van der Waals surface area (Å²) >= 11 is 0. The lowest BCUT2D eigenvalue weighted by Crippen LogP contribution is -2.51. The lowest BCUT2D eigenvalue weighted by molar-refractivity contribution is 0.00555. The Labute approximate surface area is 120 Å². The van der Waals surface area contributed by atoms with Crippen LogP contribution in [0.5, 0.6) is 0 Å². The highest BCUT2D eigenvalue weighted by molar-refractivity contribution is 5.14. The Morgan fingerprint density at radius 2 is 2.00 bits per heavy atom. The van der Waals surface area contributed by atoms with Gasteiger partial charge in [-0.1, -0.05) is 43.7 Å². The van der Waals surface area contributed by atoms with E-state index in [0.29, 0.717) is 11.5 Å². The average Bonchev–Trinajstić information content (AvgIpc) is 2.38. The van der Waals surface area contributed by atoms with Crippen LogP contribution >= 0.6 is 0 Å². The van der Waals surface area contributed by atoms with E-state index < -0.39 is 12.0 Å². The van der Waals surface area contributed by atoms with Gasteiger partial charge in [-0.05, 0) is 38.2 Å². The molecule has 1 aliphatic carbocycles. The molecule has 0 aromatic heterocycles. The highest BCUT2D eigenvalue weighted by Gasteiger charge is 2.37. The van der Waals surface area contributed by atoms with E-state index in [1.807, 2.05) is 32.0 Å². The molecule has 2 N–H and O–H groups in total. The minimum Gasteiger partial charge on any atom is -0.393 e. The van der Waals surface area contributed by atoms with Gasteiger partial charge in [0.25, 0.3) is 0 Å². The number of rotatable bonds is 4. The zero-order chi connectivity index (χ0) is 15.7. The van der Waals surface area contributed by atoms with Crippen molar-refractivity contribution in [1.82, 2.24) is 5.32 Å². The minimum absolute atomic E-state index is 0.0764. The Balaban J connectivity index is 2.13. The van der Waals surface area contributed by atoms with Crippen LogP contribution in [0.1, 0.15) is 48.3 Å². The first kappa shape index (κ1) is 11.9. The molecular weight excluding hydrogens is 234 g/mol. The third-order valence-electron chi connectivity index (χ3n) is 4.31. The third kappa shape index (κ3) is 3.80. The number of aliphatic hydroxyl groups is 1. The zero-order valence-corrected chi connectivity index (χ0v) is 12.2. The van der Waals surface area contributed by atoms with Crippen LogP contribution in [-0.4, -0.2) is 16.7 Å². The van der Waals surface area contributed by atoms with E-state index in [0.717, 1.165) is 19.3 Å². The van der Waals surface area contributed by atoms with Crippen LogP contribution in [0.4, 0.5) is 0 Å². The summed E-state index contributed by atoms with van der Waals surface area (Å²) in [6, 6.07) is 9.17. The normalized spacial score (nSPS) is 30.6. The van der Waals surface area contributed by atoms with E-state index in [4.69, 9.17) is 2.74 Å². The Kier molecular flexibility index (Phi) is 3.80. The van der Waals surface area contributed by atoms with Crippen molar-refractivity contribution in [3.05, 3.63) is 35.9 Å². The molecule has 0 heterocycles. The number of hydrogen-bond donors (Lipinski definition) is 2. The monoisotopic (exact) mass is 263 g/mol. The molecular formula is C17H27NO. The zero-order valence-electron chi connectivity index (χ0n) is 14.2. The van der Waals surface area contributed by atoms with Crippen molar-refractivity contribution < 1.29 is 7.85 Å². The van der Waals surface area contributed by atoms with E-state index in [1.165, 1.54) is 0 Å². The lowest BCUT2D eigenvalue weighted by Gasteiger charge is -2.42. The first-order valence-electron chi connectivity index (χ1n) is 8.25. The number of aliphatic hydroxyl groups excluding tert-OH is 1. The summed E-state index contributed by atoms with van der Waals surface area (Å²) in [7, 11) is 0. The molecule has 0 spiro atoms. The summed E-state index contributed by atoms with van der Waals surface area (Å²) in [6.07, 6.45) is 2.49. The molecule has 3 atom stereocenters. The second kappa shape index (κ2) is 6.06. The van der Waals surface area contributed by atoms with Crippen LogP contribution in [0, 0.1) is 11.8 Å². The standard InChI is InChI=1S/C17H27NO/c1-13-9-10-15(16(19)11-13)17(2,3)18-12-14-7-5-4-6-8-14/h4-8,13,15-16,18-19H,9-12H2,1-3H3/i12D2. The van der Waals surface area contributed by atoms with Crippen molar-refractivity contribution >= 4 is 0 Å². The molecule has 1 aliphatic rings. The maximum absolute atomic E-state index is 10.4. The van der Waals surface area contributed by atoms with Crippen molar-refractivity contribution in [3.63, 3.8) is 0 Å². The van der Waals surface area contributed by atoms with Gasteiger partial charge in [-0.3, -0.25) is 0 Å². The maximum atomic E-state index is 10.4. The largest absolute Gasteiger partial charge is 0.393 e. The second-order valence-electron chi connectivity index (χ2n) is 6.43. The molecule has 0 radical (unpaired) electrons. The average molecular weight is 263 g/mol. The third-order valence-corrected chi connectivity index (χ3v) is 4.31. The van der Waals surface area contributed by atoms with Gasteiger partial charge in [0, 0.05) is 20.7 Å². The van der Waals surface area contributed by atoms with Gasteiger partial charge >= 0.3 is 0 Å². The van der Waals surface area contributed by atoms with Crippen molar-refractivity contribution in [2.75, 3.05) is 0 Å². The highest BCUT2D eigenvalue weighted by atomic mass is 16.3. The van der Waals surface area contributed by atoms with Crippen LogP contribution in [0.3, 0.4) is 0 Å². The Morgan fingerprint density at radius 1 is 1.32 bits per heavy atom. The van der Waals surface area contributed by atoms with Crippen molar-refractivity contribution in [1.29, 1.82) is 0 Å². The summed E-state index contributed by atoms with van der Waals surface area (Å²) in [6.45, 7) is 4.56. The second-order valence-corrected chi connectivity index (χ2v) is 6.43. The predicted octanol–water partition coefficient (Wildman–Crippen LogP) is 3.35. The van der Waals surface area contributed by atoms with Crippen molar-refractivity contribution in [2.45, 2.75) is 58.2 Å². The van der Waals surface area contributed by atoms with Crippen LogP contribution in [0.15, 0.2) is 30.3 Å². The Morgan fingerprint density at radius 3 is 2.63 bits per heavy atom. The quantitative estimate of drug-likeness (QED) is 0.873. The van der Waals surface area contributed by atoms with E-state index in [-0.39, 0.29) is 12.0 Å². The van der Waals surface area contributed by atoms with E-state index in [9.17, 15) is 5.11 Å². The SMILES string of the molecule is [2H]C([2H])(NC(C)(C)C1CCC(C)CC1O)c1ccccc1. The van der Waals surface area contributed by atoms with Gasteiger partial charge in [0.2, 0.25) is 0 Å². The molecule has 106 valence electrons. The van der Waals surface area contributed by atoms with Crippen molar-refractivity contribution in [3.8, 4) is 0 Å². The molecule has 1 saturated carbocycles. The van der Waals surface area contributed by atoms with Crippen molar-refractivity contribution in [2.24, 2.45) is 11.8 Å². The fourth-order valence-corrected chi connectivity index (χ4v) is 3.04. The molecule has 2 rings (SSSR count). The van der Waals surface area contributed by atoms with E-state index in [1.54, 1.807) is 12.1 Å². The summed E-state index contributed by atoms with van der Waals surface area (Å²) in [4.78, 5) is 0.